The molecule has 1 radical (unpaired) electrons. The molecule has 1 aromatic rings. The maximum absolute atomic E-state index is 12.0. The molecule has 1 aromatic carbocycles. The van der Waals surface area contributed by atoms with Crippen LogP contribution >= 0.6 is 0 Å². The number of imide groups is 2. The molecule has 115 valence electrons. The highest BCUT2D eigenvalue weighted by atomic mass is 16.2. The Bertz CT molecular complexity index is 584. The smallest absolute Gasteiger partial charge is 0.335 e. The van der Waals surface area contributed by atoms with Gasteiger partial charge < -0.3 is 5.32 Å². The first kappa shape index (κ1) is 17.1. The molecule has 0 saturated heterocycles. The van der Waals surface area contributed by atoms with Crippen LogP contribution in [-0.4, -0.2) is 54.7 Å². The van der Waals surface area contributed by atoms with E-state index in [1.807, 2.05) is 6.07 Å². The van der Waals surface area contributed by atoms with Gasteiger partial charge in [0.05, 0.1) is 6.54 Å². The molecular weight excluding hydrogens is 286 g/mol. The lowest BCUT2D eigenvalue weighted by Crippen LogP contribution is -2.49. The van der Waals surface area contributed by atoms with Gasteiger partial charge in [-0.3, -0.25) is 14.5 Å². The van der Waals surface area contributed by atoms with Crippen molar-refractivity contribution in [1.82, 2.24) is 15.1 Å². The van der Waals surface area contributed by atoms with Gasteiger partial charge in [0.1, 0.15) is 0 Å². The Morgan fingerprint density at radius 3 is 2.41 bits per heavy atom. The number of carbonyl (C=O) groups is 3. The van der Waals surface area contributed by atoms with Crippen molar-refractivity contribution in [3.8, 4) is 0 Å². The monoisotopic (exact) mass is 302 g/mol. The molecule has 1 rings (SSSR count). The maximum Gasteiger partial charge on any atom is 0.335 e. The molecule has 0 bridgehead atoms. The van der Waals surface area contributed by atoms with Crippen molar-refractivity contribution in [2.24, 2.45) is 0 Å². The fraction of sp³-hybridized carbons (Fsp3) is 0.200. The summed E-state index contributed by atoms with van der Waals surface area (Å²) < 4.78 is 0. The van der Waals surface area contributed by atoms with Crippen LogP contribution in [0.3, 0.4) is 0 Å². The Balaban J connectivity index is 2.88. The summed E-state index contributed by atoms with van der Waals surface area (Å²) in [6, 6.07) is 7.37. The molecule has 0 atom stereocenters. The Morgan fingerprint density at radius 1 is 1.23 bits per heavy atom. The van der Waals surface area contributed by atoms with Crippen LogP contribution in [0.15, 0.2) is 36.4 Å². The quantitative estimate of drug-likeness (QED) is 0.842. The fourth-order valence-electron chi connectivity index (χ4n) is 1.56. The summed E-state index contributed by atoms with van der Waals surface area (Å²) in [5.41, 5.74) is 0.762. The molecule has 0 aliphatic carbocycles. The number of nitrogens with one attached hydrogen (secondary N) is 1. The molecule has 7 nitrogen and oxygen atoms in total. The summed E-state index contributed by atoms with van der Waals surface area (Å²) in [4.78, 5) is 47.4. The number of urea groups is 2. The first-order chi connectivity index (χ1) is 10.5. The van der Waals surface area contributed by atoms with Crippen molar-refractivity contribution < 1.29 is 19.2 Å². The van der Waals surface area contributed by atoms with Crippen LogP contribution in [-0.2, 0) is 9.59 Å². The van der Waals surface area contributed by atoms with Gasteiger partial charge in [0.25, 0.3) is 5.91 Å². The van der Waals surface area contributed by atoms with Crippen LogP contribution in [0.25, 0.3) is 6.08 Å². The second kappa shape index (κ2) is 8.35. The zero-order valence-corrected chi connectivity index (χ0v) is 12.3. The second-order valence-electron chi connectivity index (χ2n) is 4.21. The van der Waals surface area contributed by atoms with Crippen molar-refractivity contribution >= 4 is 30.3 Å². The topological polar surface area (TPSA) is 86.8 Å². The van der Waals surface area contributed by atoms with Crippen LogP contribution in [0.5, 0.6) is 0 Å². The van der Waals surface area contributed by atoms with E-state index in [2.05, 4.69) is 5.32 Å². The van der Waals surface area contributed by atoms with Crippen molar-refractivity contribution in [3.63, 3.8) is 0 Å². The van der Waals surface area contributed by atoms with E-state index in [-0.39, 0.29) is 0 Å². The third kappa shape index (κ3) is 4.55. The number of hydrogen-bond donors (Lipinski definition) is 1. The minimum Gasteiger partial charge on any atom is -0.341 e. The second-order valence-corrected chi connectivity index (χ2v) is 4.21. The van der Waals surface area contributed by atoms with Crippen LogP contribution in [0.4, 0.5) is 9.59 Å². The SMILES string of the molecule is CNC(=O)N(C)C(=O)N(C[C]=O)C(=O)C=Cc1ccccc1. The molecule has 0 spiro atoms. The van der Waals surface area contributed by atoms with E-state index < -0.39 is 24.5 Å². The molecule has 0 aliphatic rings. The van der Waals surface area contributed by atoms with Crippen molar-refractivity contribution in [3.05, 3.63) is 42.0 Å². The average Bonchev–Trinajstić information content (AvgIpc) is 2.56. The number of nitrogens with zero attached hydrogens (tertiary/aromatic N) is 2. The molecule has 0 saturated carbocycles. The average molecular weight is 302 g/mol. The molecule has 0 unspecified atom stereocenters. The third-order valence-corrected chi connectivity index (χ3v) is 2.74. The zero-order chi connectivity index (χ0) is 16.5. The minimum absolute atomic E-state index is 0.557. The maximum atomic E-state index is 12.0. The van der Waals surface area contributed by atoms with Gasteiger partial charge in [-0.05, 0) is 11.6 Å². The first-order valence-electron chi connectivity index (χ1n) is 6.40. The van der Waals surface area contributed by atoms with Gasteiger partial charge in [-0.1, -0.05) is 30.3 Å². The molecule has 22 heavy (non-hydrogen) atoms. The van der Waals surface area contributed by atoms with E-state index in [0.717, 1.165) is 11.6 Å². The summed E-state index contributed by atoms with van der Waals surface area (Å²) >= 11 is 0. The highest BCUT2D eigenvalue weighted by Crippen LogP contribution is 2.04. The van der Waals surface area contributed by atoms with E-state index >= 15 is 0 Å². The summed E-state index contributed by atoms with van der Waals surface area (Å²) in [6.07, 6.45) is 4.14. The van der Waals surface area contributed by atoms with E-state index in [0.29, 0.717) is 9.80 Å². The molecule has 5 amide bonds. The Labute approximate surface area is 128 Å². The van der Waals surface area contributed by atoms with Crippen LogP contribution in [0.2, 0.25) is 0 Å². The van der Waals surface area contributed by atoms with Crippen molar-refractivity contribution in [1.29, 1.82) is 0 Å². The van der Waals surface area contributed by atoms with Crippen molar-refractivity contribution in [2.45, 2.75) is 0 Å². The van der Waals surface area contributed by atoms with Crippen molar-refractivity contribution in [2.75, 3.05) is 20.6 Å². The Hall–Kier alpha value is -2.96. The van der Waals surface area contributed by atoms with E-state index in [9.17, 15) is 19.2 Å². The molecule has 0 fully saturated rings. The standard InChI is InChI=1S/C15H16N3O4/c1-16-14(21)17(2)15(22)18(10-11-19)13(20)9-8-12-6-4-3-5-7-12/h3-9H,10H2,1-2H3,(H,16,21). The lowest BCUT2D eigenvalue weighted by Gasteiger charge is -2.22. The predicted octanol–water partition coefficient (Wildman–Crippen LogP) is 1.03. The third-order valence-electron chi connectivity index (χ3n) is 2.74. The summed E-state index contributed by atoms with van der Waals surface area (Å²) in [5.74, 6) is -0.715. The van der Waals surface area contributed by atoms with E-state index in [1.165, 1.54) is 26.5 Å². The van der Waals surface area contributed by atoms with Gasteiger partial charge >= 0.3 is 12.1 Å². The minimum atomic E-state index is -0.912. The molecule has 1 N–H and O–H groups in total. The largest absolute Gasteiger partial charge is 0.341 e. The summed E-state index contributed by atoms with van der Waals surface area (Å²) in [6.45, 7) is -0.557. The number of benzene rings is 1. The van der Waals surface area contributed by atoms with Crippen LogP contribution < -0.4 is 5.32 Å². The molecule has 0 aromatic heterocycles. The highest BCUT2D eigenvalue weighted by molar-refractivity contribution is 6.07. The van der Waals surface area contributed by atoms with Crippen LogP contribution in [0, 0.1) is 0 Å². The summed E-state index contributed by atoms with van der Waals surface area (Å²) in [5, 5.41) is 2.25. The molecule has 0 aliphatic heterocycles. The van der Waals surface area contributed by atoms with Gasteiger partial charge in [0.15, 0.2) is 0 Å². The Morgan fingerprint density at radius 2 is 1.86 bits per heavy atom. The van der Waals surface area contributed by atoms with Gasteiger partial charge in [-0.15, -0.1) is 0 Å². The van der Waals surface area contributed by atoms with Gasteiger partial charge in [-0.25, -0.2) is 14.5 Å². The normalized spacial score (nSPS) is 10.1. The molecule has 0 heterocycles. The fourth-order valence-corrected chi connectivity index (χ4v) is 1.56. The number of carbonyl (C=O) groups excluding carboxylic acids is 4. The summed E-state index contributed by atoms with van der Waals surface area (Å²) in [7, 11) is 2.55. The van der Waals surface area contributed by atoms with E-state index in [4.69, 9.17) is 0 Å². The Kier molecular flexibility index (Phi) is 6.49. The van der Waals surface area contributed by atoms with Crippen LogP contribution in [0.1, 0.15) is 5.56 Å². The molecular formula is C15H16N3O4. The molecule has 7 heteroatoms. The lowest BCUT2D eigenvalue weighted by atomic mass is 10.2. The predicted molar refractivity (Wildman–Crippen MR) is 80.5 cm³/mol. The highest BCUT2D eigenvalue weighted by Gasteiger charge is 2.26. The zero-order valence-electron chi connectivity index (χ0n) is 12.3. The van der Waals surface area contributed by atoms with Gasteiger partial charge in [0.2, 0.25) is 6.29 Å². The number of hydrogen-bond acceptors (Lipinski definition) is 4. The first-order valence-corrected chi connectivity index (χ1v) is 6.40. The van der Waals surface area contributed by atoms with E-state index in [1.54, 1.807) is 24.3 Å². The lowest BCUT2D eigenvalue weighted by molar-refractivity contribution is -0.122. The van der Waals surface area contributed by atoms with Gasteiger partial charge in [-0.2, -0.15) is 0 Å². The van der Waals surface area contributed by atoms with Gasteiger partial charge in [0, 0.05) is 20.2 Å². The number of rotatable bonds is 4. The number of amides is 5.